The second-order valence-corrected chi connectivity index (χ2v) is 4.14. The maximum atomic E-state index is 11.5. The van der Waals surface area contributed by atoms with E-state index in [1.165, 1.54) is 24.5 Å². The van der Waals surface area contributed by atoms with Crippen molar-refractivity contribution in [2.45, 2.75) is 24.4 Å². The summed E-state index contributed by atoms with van der Waals surface area (Å²) >= 11 is 0. The van der Waals surface area contributed by atoms with Crippen LogP contribution in [-0.2, 0) is 4.74 Å². The van der Waals surface area contributed by atoms with Crippen LogP contribution < -0.4 is 0 Å². The van der Waals surface area contributed by atoms with Gasteiger partial charge in [-0.05, 0) is 12.1 Å². The van der Waals surface area contributed by atoms with Gasteiger partial charge in [-0.15, -0.1) is 0 Å². The molecule has 0 aliphatic rings. The average molecular weight is 287 g/mol. The van der Waals surface area contributed by atoms with Crippen molar-refractivity contribution in [1.29, 1.82) is 0 Å². The van der Waals surface area contributed by atoms with Gasteiger partial charge in [-0.3, -0.25) is 4.98 Å². The molecule has 0 unspecified atom stereocenters. The summed E-state index contributed by atoms with van der Waals surface area (Å²) in [6.45, 7) is -1.36. The Labute approximate surface area is 114 Å². The Morgan fingerprint density at radius 1 is 1.20 bits per heavy atom. The highest BCUT2D eigenvalue weighted by molar-refractivity contribution is 5.88. The Kier molecular flexibility index (Phi) is 6.49. The highest BCUT2D eigenvalue weighted by Gasteiger charge is 2.30. The van der Waals surface area contributed by atoms with Crippen LogP contribution in [0.5, 0.6) is 0 Å². The number of hydrogen-bond donors (Lipinski definition) is 5. The molecule has 20 heavy (non-hydrogen) atoms. The molecule has 0 spiro atoms. The van der Waals surface area contributed by atoms with Gasteiger partial charge < -0.3 is 30.3 Å². The largest absolute Gasteiger partial charge is 0.459 e. The first-order valence-corrected chi connectivity index (χ1v) is 5.87. The maximum Gasteiger partial charge on any atom is 0.339 e. The van der Waals surface area contributed by atoms with E-state index < -0.39 is 43.6 Å². The molecule has 0 amide bonds. The molecule has 1 rings (SSSR count). The molecule has 0 fully saturated rings. The van der Waals surface area contributed by atoms with Gasteiger partial charge in [0.1, 0.15) is 31.0 Å². The molecular formula is C12H17NO7. The Morgan fingerprint density at radius 3 is 2.40 bits per heavy atom. The first kappa shape index (κ1) is 16.5. The Morgan fingerprint density at radius 2 is 1.85 bits per heavy atom. The molecule has 8 nitrogen and oxygen atoms in total. The van der Waals surface area contributed by atoms with E-state index in [1.807, 2.05) is 0 Å². The molecule has 1 aromatic rings. The first-order chi connectivity index (χ1) is 9.47. The second kappa shape index (κ2) is 7.88. The van der Waals surface area contributed by atoms with E-state index in [0.29, 0.717) is 0 Å². The lowest BCUT2D eigenvalue weighted by atomic mass is 10.0. The number of hydrogen-bond acceptors (Lipinski definition) is 8. The van der Waals surface area contributed by atoms with Crippen LogP contribution in [-0.4, -0.2) is 74.1 Å². The second-order valence-electron chi connectivity index (χ2n) is 4.14. The Hall–Kier alpha value is -1.58. The lowest BCUT2D eigenvalue weighted by molar-refractivity contribution is -0.124. The lowest BCUT2D eigenvalue weighted by Gasteiger charge is -2.25. The van der Waals surface area contributed by atoms with Crippen LogP contribution in [0.1, 0.15) is 10.4 Å². The molecule has 0 aliphatic heterocycles. The van der Waals surface area contributed by atoms with Crippen molar-refractivity contribution in [2.75, 3.05) is 13.2 Å². The number of carbonyl (C=O) groups is 1. The number of aromatic nitrogens is 1. The van der Waals surface area contributed by atoms with Crippen molar-refractivity contribution >= 4 is 5.97 Å². The van der Waals surface area contributed by atoms with E-state index in [9.17, 15) is 20.1 Å². The average Bonchev–Trinajstić information content (AvgIpc) is 2.50. The fourth-order valence-corrected chi connectivity index (χ4v) is 1.39. The maximum absolute atomic E-state index is 11.5. The summed E-state index contributed by atoms with van der Waals surface area (Å²) < 4.78 is 4.73. The minimum absolute atomic E-state index is 0.171. The highest BCUT2D eigenvalue weighted by atomic mass is 16.5. The van der Waals surface area contributed by atoms with Crippen LogP contribution in [0.3, 0.4) is 0 Å². The summed E-state index contributed by atoms with van der Waals surface area (Å²) in [4.78, 5) is 15.2. The normalized spacial score (nSPS) is 17.1. The zero-order valence-electron chi connectivity index (χ0n) is 10.5. The van der Waals surface area contributed by atoms with E-state index in [-0.39, 0.29) is 5.56 Å². The van der Waals surface area contributed by atoms with E-state index in [4.69, 9.17) is 14.9 Å². The van der Waals surface area contributed by atoms with Gasteiger partial charge in [-0.1, -0.05) is 0 Å². The van der Waals surface area contributed by atoms with Crippen molar-refractivity contribution in [3.63, 3.8) is 0 Å². The summed E-state index contributed by atoms with van der Waals surface area (Å²) in [6, 6.07) is 2.99. The van der Waals surface area contributed by atoms with Crippen LogP contribution >= 0.6 is 0 Å². The monoisotopic (exact) mass is 287 g/mol. The van der Waals surface area contributed by atoms with Crippen LogP contribution in [0.4, 0.5) is 0 Å². The summed E-state index contributed by atoms with van der Waals surface area (Å²) in [6.07, 6.45) is -3.98. The number of rotatable bonds is 7. The van der Waals surface area contributed by atoms with Gasteiger partial charge in [0.25, 0.3) is 0 Å². The summed E-state index contributed by atoms with van der Waals surface area (Å²) in [7, 11) is 0. The topological polar surface area (TPSA) is 140 Å². The molecule has 4 atom stereocenters. The van der Waals surface area contributed by atoms with Gasteiger partial charge in [0.05, 0.1) is 12.2 Å². The minimum Gasteiger partial charge on any atom is -0.459 e. The van der Waals surface area contributed by atoms with Gasteiger partial charge in [0.15, 0.2) is 0 Å². The fraction of sp³-hybridized carbons (Fsp3) is 0.500. The van der Waals surface area contributed by atoms with E-state index >= 15 is 0 Å². The number of aliphatic hydroxyl groups excluding tert-OH is 5. The molecule has 112 valence electrons. The van der Waals surface area contributed by atoms with Gasteiger partial charge >= 0.3 is 5.97 Å². The van der Waals surface area contributed by atoms with Crippen molar-refractivity contribution < 1.29 is 35.1 Å². The zero-order chi connectivity index (χ0) is 15.1. The van der Waals surface area contributed by atoms with Gasteiger partial charge in [0, 0.05) is 12.4 Å². The minimum atomic E-state index is -1.76. The summed E-state index contributed by atoms with van der Waals surface area (Å²) in [5, 5.41) is 46.1. The number of ether oxygens (including phenoxy) is 1. The predicted molar refractivity (Wildman–Crippen MR) is 65.6 cm³/mol. The van der Waals surface area contributed by atoms with Crippen LogP contribution in [0.25, 0.3) is 0 Å². The molecule has 0 saturated carbocycles. The molecule has 0 aromatic carbocycles. The molecule has 0 aliphatic carbocycles. The van der Waals surface area contributed by atoms with Crippen molar-refractivity contribution in [3.8, 4) is 0 Å². The number of nitrogens with zero attached hydrogens (tertiary/aromatic N) is 1. The molecule has 8 heteroatoms. The summed E-state index contributed by atoms with van der Waals surface area (Å²) in [5.41, 5.74) is 0.171. The smallest absolute Gasteiger partial charge is 0.339 e. The Bertz CT molecular complexity index is 414. The number of esters is 1. The predicted octanol–water partition coefficient (Wildman–Crippen LogP) is -2.33. The van der Waals surface area contributed by atoms with E-state index in [0.717, 1.165) is 0 Å². The zero-order valence-corrected chi connectivity index (χ0v) is 10.5. The van der Waals surface area contributed by atoms with Crippen LogP contribution in [0, 0.1) is 0 Å². The highest BCUT2D eigenvalue weighted by Crippen LogP contribution is 2.07. The van der Waals surface area contributed by atoms with Crippen molar-refractivity contribution in [3.05, 3.63) is 30.1 Å². The van der Waals surface area contributed by atoms with E-state index in [1.54, 1.807) is 0 Å². The fourth-order valence-electron chi connectivity index (χ4n) is 1.39. The molecule has 0 bridgehead atoms. The molecular weight excluding hydrogens is 270 g/mol. The third-order valence-electron chi connectivity index (χ3n) is 2.61. The van der Waals surface area contributed by atoms with Gasteiger partial charge in [0.2, 0.25) is 0 Å². The third kappa shape index (κ3) is 4.51. The van der Waals surface area contributed by atoms with Gasteiger partial charge in [-0.2, -0.15) is 0 Å². The molecule has 1 heterocycles. The molecule has 1 aromatic heterocycles. The molecule has 0 radical (unpaired) electrons. The van der Waals surface area contributed by atoms with Crippen molar-refractivity contribution in [2.24, 2.45) is 0 Å². The third-order valence-corrected chi connectivity index (χ3v) is 2.61. The van der Waals surface area contributed by atoms with Gasteiger partial charge in [-0.25, -0.2) is 4.79 Å². The van der Waals surface area contributed by atoms with Crippen LogP contribution in [0.2, 0.25) is 0 Å². The summed E-state index contributed by atoms with van der Waals surface area (Å²) in [5.74, 6) is -0.749. The first-order valence-electron chi connectivity index (χ1n) is 5.87. The standard InChI is InChI=1S/C12H17NO7/c14-5-8(15)10(17)11(18)9(16)6-20-12(19)7-2-1-3-13-4-7/h1-4,8-11,14-18H,5-6H2/t8-,9+,10-,11-/m1/s1. The Balaban J connectivity index is 2.47. The number of aliphatic hydroxyl groups is 5. The SMILES string of the molecule is O=C(OC[C@H](O)[C@@H](O)[C@H](O)[C@H](O)CO)c1cccnc1. The number of carbonyl (C=O) groups excluding carboxylic acids is 1. The molecule has 0 saturated heterocycles. The molecule has 5 N–H and O–H groups in total. The van der Waals surface area contributed by atoms with Crippen LogP contribution in [0.15, 0.2) is 24.5 Å². The lowest BCUT2D eigenvalue weighted by Crippen LogP contribution is -2.47. The van der Waals surface area contributed by atoms with E-state index in [2.05, 4.69) is 4.98 Å². The number of pyridine rings is 1. The quantitative estimate of drug-likeness (QED) is 0.352. The van der Waals surface area contributed by atoms with Crippen molar-refractivity contribution in [1.82, 2.24) is 4.98 Å².